The lowest BCUT2D eigenvalue weighted by molar-refractivity contribution is 0.200. The highest BCUT2D eigenvalue weighted by Crippen LogP contribution is 2.24. The fraction of sp³-hybridized carbons (Fsp3) is 0.643. The molecule has 0 N–H and O–H groups in total. The Balaban J connectivity index is 1.60. The van der Waals surface area contributed by atoms with Crippen molar-refractivity contribution in [2.24, 2.45) is 0 Å². The van der Waals surface area contributed by atoms with Gasteiger partial charge >= 0.3 is 0 Å². The highest BCUT2D eigenvalue weighted by atomic mass is 32.1. The standard InChI is InChI=1S/C14H21N5OS/c1-4-12-16-17-13(20-12)8-18-5-6-19(11(3)7-18)14-15-10(2)9-21-14/h9,11H,4-8H2,1-3H3/t11-/m0/s1. The molecule has 0 saturated carbocycles. The van der Waals surface area contributed by atoms with Gasteiger partial charge in [-0.3, -0.25) is 4.90 Å². The molecule has 0 bridgehead atoms. The fourth-order valence-corrected chi connectivity index (χ4v) is 3.55. The highest BCUT2D eigenvalue weighted by molar-refractivity contribution is 7.13. The minimum Gasteiger partial charge on any atom is -0.424 e. The molecule has 1 aliphatic heterocycles. The largest absolute Gasteiger partial charge is 0.424 e. The second kappa shape index (κ2) is 6.11. The van der Waals surface area contributed by atoms with Crippen LogP contribution >= 0.6 is 11.3 Å². The van der Waals surface area contributed by atoms with Gasteiger partial charge in [-0.2, -0.15) is 0 Å². The van der Waals surface area contributed by atoms with E-state index in [1.807, 2.05) is 13.8 Å². The smallest absolute Gasteiger partial charge is 0.230 e. The van der Waals surface area contributed by atoms with Gasteiger partial charge in [0.2, 0.25) is 11.8 Å². The van der Waals surface area contributed by atoms with E-state index in [-0.39, 0.29) is 0 Å². The SMILES string of the molecule is CCc1nnc(CN2CCN(c3nc(C)cs3)[C@@H](C)C2)o1. The third-order valence-corrected chi connectivity index (χ3v) is 4.73. The van der Waals surface area contributed by atoms with Gasteiger partial charge in [-0.25, -0.2) is 4.98 Å². The molecule has 0 aromatic carbocycles. The van der Waals surface area contributed by atoms with Crippen molar-refractivity contribution in [3.8, 4) is 0 Å². The van der Waals surface area contributed by atoms with Crippen LogP contribution in [0.15, 0.2) is 9.80 Å². The summed E-state index contributed by atoms with van der Waals surface area (Å²) in [6.45, 7) is 10.0. The van der Waals surface area contributed by atoms with Gasteiger partial charge in [0.05, 0.1) is 12.2 Å². The Morgan fingerprint density at radius 1 is 1.33 bits per heavy atom. The molecule has 1 fully saturated rings. The zero-order chi connectivity index (χ0) is 14.8. The minimum absolute atomic E-state index is 0.442. The summed E-state index contributed by atoms with van der Waals surface area (Å²) in [5.74, 6) is 1.44. The van der Waals surface area contributed by atoms with Gasteiger partial charge in [-0.1, -0.05) is 6.92 Å². The Kier molecular flexibility index (Phi) is 4.21. The lowest BCUT2D eigenvalue weighted by atomic mass is 10.2. The maximum absolute atomic E-state index is 5.60. The van der Waals surface area contributed by atoms with E-state index < -0.39 is 0 Å². The molecular weight excluding hydrogens is 286 g/mol. The Bertz CT molecular complexity index is 596. The van der Waals surface area contributed by atoms with E-state index in [2.05, 4.69) is 37.3 Å². The second-order valence-electron chi connectivity index (χ2n) is 5.49. The maximum Gasteiger partial charge on any atom is 0.230 e. The van der Waals surface area contributed by atoms with E-state index in [4.69, 9.17) is 4.42 Å². The van der Waals surface area contributed by atoms with Crippen molar-refractivity contribution in [3.63, 3.8) is 0 Å². The number of thiazole rings is 1. The van der Waals surface area contributed by atoms with Crippen LogP contribution in [0, 0.1) is 6.92 Å². The number of piperazine rings is 1. The number of nitrogens with zero attached hydrogens (tertiary/aromatic N) is 5. The number of anilines is 1. The summed E-state index contributed by atoms with van der Waals surface area (Å²) >= 11 is 1.73. The van der Waals surface area contributed by atoms with Crippen LogP contribution in [0.2, 0.25) is 0 Å². The summed E-state index contributed by atoms with van der Waals surface area (Å²) in [7, 11) is 0. The zero-order valence-electron chi connectivity index (χ0n) is 12.7. The van der Waals surface area contributed by atoms with Gasteiger partial charge in [0, 0.05) is 37.5 Å². The monoisotopic (exact) mass is 307 g/mol. The molecule has 3 heterocycles. The van der Waals surface area contributed by atoms with E-state index in [9.17, 15) is 0 Å². The molecule has 0 amide bonds. The first-order chi connectivity index (χ1) is 10.2. The number of hydrogen-bond donors (Lipinski definition) is 0. The summed E-state index contributed by atoms with van der Waals surface area (Å²) < 4.78 is 5.60. The van der Waals surface area contributed by atoms with Crippen molar-refractivity contribution in [1.82, 2.24) is 20.1 Å². The van der Waals surface area contributed by atoms with Crippen LogP contribution in [0.25, 0.3) is 0 Å². The second-order valence-corrected chi connectivity index (χ2v) is 6.33. The quantitative estimate of drug-likeness (QED) is 0.862. The lowest BCUT2D eigenvalue weighted by Crippen LogP contribution is -2.51. The fourth-order valence-electron chi connectivity index (χ4n) is 2.62. The Morgan fingerprint density at radius 3 is 2.76 bits per heavy atom. The molecular formula is C14H21N5OS. The van der Waals surface area contributed by atoms with Crippen molar-refractivity contribution in [2.45, 2.75) is 39.8 Å². The van der Waals surface area contributed by atoms with E-state index in [0.29, 0.717) is 6.04 Å². The van der Waals surface area contributed by atoms with Crippen molar-refractivity contribution in [2.75, 3.05) is 24.5 Å². The summed E-state index contributed by atoms with van der Waals surface area (Å²) in [4.78, 5) is 9.35. The first-order valence-electron chi connectivity index (χ1n) is 7.38. The van der Waals surface area contributed by atoms with Crippen molar-refractivity contribution in [1.29, 1.82) is 0 Å². The van der Waals surface area contributed by atoms with E-state index >= 15 is 0 Å². The van der Waals surface area contributed by atoms with Gasteiger partial charge < -0.3 is 9.32 Å². The maximum atomic E-state index is 5.60. The molecule has 0 aliphatic carbocycles. The Hall–Kier alpha value is -1.47. The van der Waals surface area contributed by atoms with E-state index in [1.54, 1.807) is 11.3 Å². The molecule has 1 atom stereocenters. The average Bonchev–Trinajstić information content (AvgIpc) is 3.08. The predicted molar refractivity (Wildman–Crippen MR) is 82.6 cm³/mol. The zero-order valence-corrected chi connectivity index (χ0v) is 13.6. The molecule has 6 nitrogen and oxygen atoms in total. The molecule has 1 saturated heterocycles. The molecule has 2 aromatic rings. The molecule has 114 valence electrons. The highest BCUT2D eigenvalue weighted by Gasteiger charge is 2.26. The molecule has 1 aliphatic rings. The molecule has 0 radical (unpaired) electrons. The topological polar surface area (TPSA) is 58.3 Å². The molecule has 0 unspecified atom stereocenters. The summed E-state index contributed by atoms with van der Waals surface area (Å²) in [6, 6.07) is 0.442. The number of aromatic nitrogens is 3. The molecule has 21 heavy (non-hydrogen) atoms. The summed E-state index contributed by atoms with van der Waals surface area (Å²) in [5, 5.41) is 11.4. The van der Waals surface area contributed by atoms with Gasteiger partial charge in [-0.05, 0) is 13.8 Å². The van der Waals surface area contributed by atoms with Crippen LogP contribution in [0.4, 0.5) is 5.13 Å². The van der Waals surface area contributed by atoms with Crippen molar-refractivity contribution < 1.29 is 4.42 Å². The van der Waals surface area contributed by atoms with Gasteiger partial charge in [-0.15, -0.1) is 21.5 Å². The van der Waals surface area contributed by atoms with Crippen molar-refractivity contribution in [3.05, 3.63) is 22.9 Å². The summed E-state index contributed by atoms with van der Waals surface area (Å²) in [6.07, 6.45) is 0.792. The van der Waals surface area contributed by atoms with Gasteiger partial charge in [0.15, 0.2) is 5.13 Å². The van der Waals surface area contributed by atoms with Crippen LogP contribution < -0.4 is 4.90 Å². The van der Waals surface area contributed by atoms with E-state index in [1.165, 1.54) is 0 Å². The minimum atomic E-state index is 0.442. The third-order valence-electron chi connectivity index (χ3n) is 3.73. The van der Waals surface area contributed by atoms with E-state index in [0.717, 1.165) is 55.2 Å². The van der Waals surface area contributed by atoms with Gasteiger partial charge in [0.25, 0.3) is 0 Å². The predicted octanol–water partition coefficient (Wildman–Crippen LogP) is 2.11. The molecule has 3 rings (SSSR count). The molecule has 0 spiro atoms. The normalized spacial score (nSPS) is 20.1. The summed E-state index contributed by atoms with van der Waals surface area (Å²) in [5.41, 5.74) is 1.10. The molecule has 7 heteroatoms. The van der Waals surface area contributed by atoms with Crippen LogP contribution in [0.5, 0.6) is 0 Å². The van der Waals surface area contributed by atoms with Crippen LogP contribution in [-0.2, 0) is 13.0 Å². The first kappa shape index (κ1) is 14.5. The Morgan fingerprint density at radius 2 is 2.14 bits per heavy atom. The van der Waals surface area contributed by atoms with Crippen LogP contribution in [-0.4, -0.2) is 45.8 Å². The average molecular weight is 307 g/mol. The number of rotatable bonds is 4. The third kappa shape index (κ3) is 3.24. The number of hydrogen-bond acceptors (Lipinski definition) is 7. The lowest BCUT2D eigenvalue weighted by Gasteiger charge is -2.39. The van der Waals surface area contributed by atoms with Crippen molar-refractivity contribution >= 4 is 16.5 Å². The molecule has 2 aromatic heterocycles. The number of aryl methyl sites for hydroxylation is 2. The first-order valence-corrected chi connectivity index (χ1v) is 8.26. The van der Waals surface area contributed by atoms with Gasteiger partial charge in [0.1, 0.15) is 0 Å². The van der Waals surface area contributed by atoms with Crippen LogP contribution in [0.3, 0.4) is 0 Å². The Labute approximate surface area is 128 Å². The van der Waals surface area contributed by atoms with Crippen LogP contribution in [0.1, 0.15) is 31.3 Å².